The maximum atomic E-state index is 12.1. The molecule has 3 N–H and O–H groups in total. The molecule has 0 radical (unpaired) electrons. The topological polar surface area (TPSA) is 72.9 Å². The molecule has 0 saturated carbocycles. The molecule has 1 amide bonds. The van der Waals surface area contributed by atoms with Crippen molar-refractivity contribution in [1.82, 2.24) is 14.9 Å². The molecule has 1 heterocycles. The van der Waals surface area contributed by atoms with E-state index in [-0.39, 0.29) is 30.7 Å². The maximum absolute atomic E-state index is 12.1. The Balaban J connectivity index is 0.00000196. The molecule has 3 aromatic rings. The molecule has 2 aromatic carbocycles. The Hall–Kier alpha value is -1.73. The van der Waals surface area contributed by atoms with Gasteiger partial charge in [-0.3, -0.25) is 4.79 Å². The fourth-order valence-corrected chi connectivity index (χ4v) is 3.36. The number of halogens is 2. The van der Waals surface area contributed by atoms with Gasteiger partial charge in [0.1, 0.15) is 0 Å². The van der Waals surface area contributed by atoms with Gasteiger partial charge in [-0.1, -0.05) is 36.4 Å². The Morgan fingerprint density at radius 3 is 2.71 bits per heavy atom. The number of para-hydroxylation sites is 2. The van der Waals surface area contributed by atoms with E-state index in [4.69, 9.17) is 5.73 Å². The van der Waals surface area contributed by atoms with Crippen molar-refractivity contribution < 1.29 is 4.79 Å². The average molecular weight is 441 g/mol. The van der Waals surface area contributed by atoms with Crippen molar-refractivity contribution in [1.29, 1.82) is 0 Å². The van der Waals surface area contributed by atoms with E-state index in [9.17, 15) is 4.79 Å². The second-order valence-electron chi connectivity index (χ2n) is 6.29. The highest BCUT2D eigenvalue weighted by molar-refractivity contribution is 7.98. The summed E-state index contributed by atoms with van der Waals surface area (Å²) in [6.45, 7) is 1.24. The molecule has 0 unspecified atom stereocenters. The van der Waals surface area contributed by atoms with E-state index in [1.165, 1.54) is 5.56 Å². The third-order valence-corrected chi connectivity index (χ3v) is 4.95. The summed E-state index contributed by atoms with van der Waals surface area (Å²) in [5.74, 6) is 0.799. The van der Waals surface area contributed by atoms with Gasteiger partial charge in [-0.25, -0.2) is 4.98 Å². The molecule has 0 aliphatic heterocycles. The molecular formula is C20H26Cl2N4OS. The lowest BCUT2D eigenvalue weighted by atomic mass is 10.1. The van der Waals surface area contributed by atoms with Gasteiger partial charge in [-0.2, -0.15) is 11.8 Å². The molecule has 3 rings (SSSR count). The molecule has 0 spiro atoms. The Bertz CT molecular complexity index is 887. The fourth-order valence-electron chi connectivity index (χ4n) is 2.87. The first-order valence-electron chi connectivity index (χ1n) is 8.67. The summed E-state index contributed by atoms with van der Waals surface area (Å²) < 4.78 is 2.13. The molecule has 5 nitrogen and oxygen atoms in total. The number of carbonyl (C=O) groups excluding carboxylic acids is 1. The van der Waals surface area contributed by atoms with Crippen molar-refractivity contribution in [3.63, 3.8) is 0 Å². The largest absolute Gasteiger partial charge is 0.351 e. The van der Waals surface area contributed by atoms with E-state index in [0.717, 1.165) is 28.9 Å². The molecule has 8 heteroatoms. The number of thioether (sulfide) groups is 1. The van der Waals surface area contributed by atoms with E-state index < -0.39 is 6.04 Å². The number of benzene rings is 2. The van der Waals surface area contributed by atoms with Crippen molar-refractivity contribution in [3.8, 4) is 0 Å². The number of hydrogen-bond acceptors (Lipinski definition) is 4. The maximum Gasteiger partial charge on any atom is 0.237 e. The highest BCUT2D eigenvalue weighted by Crippen LogP contribution is 2.15. The lowest BCUT2D eigenvalue weighted by Crippen LogP contribution is -2.40. The number of rotatable bonds is 8. The van der Waals surface area contributed by atoms with Crippen LogP contribution in [0.1, 0.15) is 17.5 Å². The third kappa shape index (κ3) is 6.41. The smallest absolute Gasteiger partial charge is 0.237 e. The number of nitrogens with zero attached hydrogens (tertiary/aromatic N) is 2. The number of fused-ring (bicyclic) bond motifs is 1. The zero-order valence-corrected chi connectivity index (χ0v) is 18.2. The molecule has 1 atom stereocenters. The van der Waals surface area contributed by atoms with Crippen LogP contribution in [0.5, 0.6) is 0 Å². The zero-order chi connectivity index (χ0) is 18.4. The van der Waals surface area contributed by atoms with Gasteiger partial charge < -0.3 is 15.6 Å². The number of carbonyl (C=O) groups is 1. The van der Waals surface area contributed by atoms with Gasteiger partial charge in [0.2, 0.25) is 5.91 Å². The fraction of sp³-hybridized carbons (Fsp3) is 0.300. The second kappa shape index (κ2) is 12.0. The predicted octanol–water partition coefficient (Wildman–Crippen LogP) is 3.62. The van der Waals surface area contributed by atoms with Crippen LogP contribution in [0.2, 0.25) is 0 Å². The quantitative estimate of drug-likeness (QED) is 0.560. The van der Waals surface area contributed by atoms with Crippen LogP contribution in [0.15, 0.2) is 54.9 Å². The average Bonchev–Trinajstić information content (AvgIpc) is 3.07. The van der Waals surface area contributed by atoms with Crippen molar-refractivity contribution in [3.05, 3.63) is 66.0 Å². The molecule has 0 aliphatic carbocycles. The zero-order valence-electron chi connectivity index (χ0n) is 15.7. The lowest BCUT2D eigenvalue weighted by molar-refractivity contribution is -0.122. The van der Waals surface area contributed by atoms with Crippen molar-refractivity contribution >= 4 is 53.5 Å². The minimum atomic E-state index is -0.442. The van der Waals surface area contributed by atoms with Crippen LogP contribution >= 0.6 is 36.6 Å². The van der Waals surface area contributed by atoms with E-state index in [2.05, 4.69) is 33.1 Å². The van der Waals surface area contributed by atoms with Gasteiger partial charge in [0.25, 0.3) is 0 Å². The summed E-state index contributed by atoms with van der Waals surface area (Å²) in [4.78, 5) is 16.5. The molecule has 152 valence electrons. The Labute approximate surface area is 182 Å². The first kappa shape index (κ1) is 24.3. The van der Waals surface area contributed by atoms with Crippen molar-refractivity contribution in [2.75, 3.05) is 12.0 Å². The molecule has 0 bridgehead atoms. The highest BCUT2D eigenvalue weighted by atomic mass is 35.5. The van der Waals surface area contributed by atoms with Gasteiger partial charge in [0.05, 0.1) is 23.4 Å². The standard InChI is InChI=1S/C20H24N4OS.2ClH/c1-26-10-9-17(21)20(25)22-12-15-5-4-6-16(11-15)13-24-14-23-18-7-2-3-8-19(18)24;;/h2-8,11,14,17H,9-10,12-13,21H2,1H3,(H,22,25);2*1H/t17-;;/m0../s1. The number of nitrogens with two attached hydrogens (primary N) is 1. The molecule has 0 aliphatic rings. The van der Waals surface area contributed by atoms with Crippen molar-refractivity contribution in [2.45, 2.75) is 25.6 Å². The highest BCUT2D eigenvalue weighted by Gasteiger charge is 2.12. The Kier molecular flexibility index (Phi) is 10.4. The normalized spacial score (nSPS) is 11.4. The van der Waals surface area contributed by atoms with Gasteiger partial charge in [-0.15, -0.1) is 24.8 Å². The summed E-state index contributed by atoms with van der Waals surface area (Å²) >= 11 is 1.70. The minimum absolute atomic E-state index is 0. The summed E-state index contributed by atoms with van der Waals surface area (Å²) in [5.41, 5.74) is 10.3. The number of nitrogens with one attached hydrogen (secondary N) is 1. The van der Waals surface area contributed by atoms with E-state index in [1.54, 1.807) is 11.8 Å². The van der Waals surface area contributed by atoms with Crippen LogP contribution in [0.25, 0.3) is 11.0 Å². The number of amides is 1. The van der Waals surface area contributed by atoms with Crippen LogP contribution in [-0.2, 0) is 17.9 Å². The van der Waals surface area contributed by atoms with Gasteiger partial charge >= 0.3 is 0 Å². The van der Waals surface area contributed by atoms with Crippen molar-refractivity contribution in [2.24, 2.45) is 5.73 Å². The second-order valence-corrected chi connectivity index (χ2v) is 7.27. The van der Waals surface area contributed by atoms with Gasteiger partial charge in [-0.05, 0) is 41.7 Å². The summed E-state index contributed by atoms with van der Waals surface area (Å²) in [6, 6.07) is 15.9. The SMILES string of the molecule is CSCC[C@H](N)C(=O)NCc1cccc(Cn2cnc3ccccc32)c1.Cl.Cl. The van der Waals surface area contributed by atoms with Crippen LogP contribution in [0.3, 0.4) is 0 Å². The summed E-state index contributed by atoms with van der Waals surface area (Å²) in [7, 11) is 0. The summed E-state index contributed by atoms with van der Waals surface area (Å²) in [6.07, 6.45) is 4.57. The number of hydrogen-bond donors (Lipinski definition) is 2. The van der Waals surface area contributed by atoms with Crippen LogP contribution in [0, 0.1) is 0 Å². The molecular weight excluding hydrogens is 415 g/mol. The van der Waals surface area contributed by atoms with Crippen LogP contribution in [-0.4, -0.2) is 33.5 Å². The molecule has 0 saturated heterocycles. The minimum Gasteiger partial charge on any atom is -0.351 e. The molecule has 1 aromatic heterocycles. The first-order valence-corrected chi connectivity index (χ1v) is 10.1. The number of imidazole rings is 1. The first-order chi connectivity index (χ1) is 12.7. The van der Waals surface area contributed by atoms with Crippen LogP contribution < -0.4 is 11.1 Å². The summed E-state index contributed by atoms with van der Waals surface area (Å²) in [5, 5.41) is 2.93. The lowest BCUT2D eigenvalue weighted by Gasteiger charge is -2.12. The van der Waals surface area contributed by atoms with Gasteiger partial charge in [0.15, 0.2) is 0 Å². The van der Waals surface area contributed by atoms with E-state index in [0.29, 0.717) is 13.0 Å². The Morgan fingerprint density at radius 1 is 1.18 bits per heavy atom. The van der Waals surface area contributed by atoms with E-state index >= 15 is 0 Å². The van der Waals surface area contributed by atoms with Gasteiger partial charge in [0, 0.05) is 13.1 Å². The Morgan fingerprint density at radius 2 is 1.93 bits per heavy atom. The molecule has 0 fully saturated rings. The molecule has 28 heavy (non-hydrogen) atoms. The number of aromatic nitrogens is 2. The monoisotopic (exact) mass is 440 g/mol. The third-order valence-electron chi connectivity index (χ3n) is 4.31. The predicted molar refractivity (Wildman–Crippen MR) is 123 cm³/mol. The van der Waals surface area contributed by atoms with Crippen LogP contribution in [0.4, 0.5) is 0 Å². The van der Waals surface area contributed by atoms with E-state index in [1.807, 2.05) is 42.9 Å².